The van der Waals surface area contributed by atoms with E-state index >= 15 is 0 Å². The van der Waals surface area contributed by atoms with E-state index in [4.69, 9.17) is 23.2 Å². The lowest BCUT2D eigenvalue weighted by Crippen LogP contribution is -2.42. The molecule has 2 rings (SSSR count). The number of hydrogen-bond donors (Lipinski definition) is 2. The number of carbonyl (C=O) groups excluding carboxylic acids is 2. The van der Waals surface area contributed by atoms with Crippen molar-refractivity contribution in [3.8, 4) is 0 Å². The van der Waals surface area contributed by atoms with Crippen LogP contribution in [-0.4, -0.2) is 34.4 Å². The lowest BCUT2D eigenvalue weighted by Gasteiger charge is -2.15. The van der Waals surface area contributed by atoms with Gasteiger partial charge in [-0.2, -0.15) is 0 Å². The summed E-state index contributed by atoms with van der Waals surface area (Å²) in [6.45, 7) is 1.99. The molecule has 0 saturated carbocycles. The highest BCUT2D eigenvalue weighted by Gasteiger charge is 2.15. The molecule has 0 aliphatic rings. The number of carbonyl (C=O) groups is 2. The van der Waals surface area contributed by atoms with E-state index in [0.717, 1.165) is 0 Å². The molecule has 1 atom stereocenters. The first-order chi connectivity index (χ1) is 11.0. The molecule has 2 amide bonds. The molecular formula is C15H14Cl2N4O2. The highest BCUT2D eigenvalue weighted by atomic mass is 35.5. The van der Waals surface area contributed by atoms with Gasteiger partial charge in [0.25, 0.3) is 11.8 Å². The number of amides is 2. The van der Waals surface area contributed by atoms with Gasteiger partial charge in [0.15, 0.2) is 0 Å². The lowest BCUT2D eigenvalue weighted by molar-refractivity contribution is 0.0912. The van der Waals surface area contributed by atoms with E-state index in [-0.39, 0.29) is 45.8 Å². The molecule has 0 aliphatic carbocycles. The third kappa shape index (κ3) is 4.64. The number of pyridine rings is 2. The zero-order valence-corrected chi connectivity index (χ0v) is 13.7. The van der Waals surface area contributed by atoms with Crippen molar-refractivity contribution in [2.24, 2.45) is 0 Å². The summed E-state index contributed by atoms with van der Waals surface area (Å²) in [5.41, 5.74) is 0.561. The van der Waals surface area contributed by atoms with Crippen LogP contribution in [0.5, 0.6) is 0 Å². The maximum absolute atomic E-state index is 12.1. The molecule has 23 heavy (non-hydrogen) atoms. The normalized spacial score (nSPS) is 11.6. The van der Waals surface area contributed by atoms with Gasteiger partial charge in [0, 0.05) is 25.0 Å². The minimum absolute atomic E-state index is 0.128. The van der Waals surface area contributed by atoms with Gasteiger partial charge in [-0.15, -0.1) is 0 Å². The van der Waals surface area contributed by atoms with Gasteiger partial charge >= 0.3 is 0 Å². The number of nitrogens with one attached hydrogen (secondary N) is 2. The molecule has 2 N–H and O–H groups in total. The average Bonchev–Trinajstić information content (AvgIpc) is 2.53. The summed E-state index contributed by atoms with van der Waals surface area (Å²) >= 11 is 11.7. The van der Waals surface area contributed by atoms with E-state index in [9.17, 15) is 9.59 Å². The quantitative estimate of drug-likeness (QED) is 0.808. The molecule has 0 spiro atoms. The summed E-state index contributed by atoms with van der Waals surface area (Å²) in [5, 5.41) is 5.67. The standard InChI is InChI=1S/C15H14Cl2N4O2/c1-9(21-15(23)11-5-3-7-19-13(11)17)8-20-14(22)10-4-2-6-18-12(10)16/h2-7,9H,8H2,1H3,(H,20,22)(H,21,23)/t9-/m1/s1. The van der Waals surface area contributed by atoms with Crippen LogP contribution in [0, 0.1) is 0 Å². The largest absolute Gasteiger partial charge is 0.350 e. The second kappa shape index (κ2) is 7.89. The van der Waals surface area contributed by atoms with Gasteiger partial charge in [-0.3, -0.25) is 9.59 Å². The Morgan fingerprint density at radius 3 is 2.09 bits per heavy atom. The summed E-state index contributed by atoms with van der Waals surface area (Å²) in [7, 11) is 0. The smallest absolute Gasteiger partial charge is 0.254 e. The molecule has 6 nitrogen and oxygen atoms in total. The Balaban J connectivity index is 1.89. The number of hydrogen-bond acceptors (Lipinski definition) is 4. The Kier molecular flexibility index (Phi) is 5.90. The number of aromatic nitrogens is 2. The molecule has 0 aliphatic heterocycles. The highest BCUT2D eigenvalue weighted by molar-refractivity contribution is 6.33. The summed E-state index contributed by atoms with van der Waals surface area (Å²) in [4.78, 5) is 31.7. The van der Waals surface area contributed by atoms with Crippen molar-refractivity contribution in [2.75, 3.05) is 6.54 Å². The van der Waals surface area contributed by atoms with Crippen molar-refractivity contribution in [2.45, 2.75) is 13.0 Å². The topological polar surface area (TPSA) is 84.0 Å². The van der Waals surface area contributed by atoms with Crippen LogP contribution in [0.2, 0.25) is 10.3 Å². The SMILES string of the molecule is C[C@H](CNC(=O)c1cccnc1Cl)NC(=O)c1cccnc1Cl. The van der Waals surface area contributed by atoms with E-state index < -0.39 is 0 Å². The van der Waals surface area contributed by atoms with Crippen LogP contribution in [0.15, 0.2) is 36.7 Å². The van der Waals surface area contributed by atoms with E-state index in [1.54, 1.807) is 31.2 Å². The van der Waals surface area contributed by atoms with Crippen LogP contribution in [-0.2, 0) is 0 Å². The zero-order chi connectivity index (χ0) is 16.8. The van der Waals surface area contributed by atoms with Crippen LogP contribution < -0.4 is 10.6 Å². The van der Waals surface area contributed by atoms with Gasteiger partial charge < -0.3 is 10.6 Å². The molecule has 2 aromatic rings. The fourth-order valence-corrected chi connectivity index (χ4v) is 2.21. The first kappa shape index (κ1) is 17.2. The molecule has 0 aromatic carbocycles. The predicted octanol–water partition coefficient (Wildman–Crippen LogP) is 2.33. The molecule has 2 aromatic heterocycles. The van der Waals surface area contributed by atoms with Crippen molar-refractivity contribution in [3.05, 3.63) is 58.1 Å². The summed E-state index contributed by atoms with van der Waals surface area (Å²) in [6, 6.07) is 6.08. The minimum Gasteiger partial charge on any atom is -0.350 e. The zero-order valence-electron chi connectivity index (χ0n) is 12.2. The van der Waals surface area contributed by atoms with Gasteiger partial charge in [-0.05, 0) is 31.2 Å². The minimum atomic E-state index is -0.358. The Labute approximate surface area is 143 Å². The summed E-state index contributed by atoms with van der Waals surface area (Å²) < 4.78 is 0. The second-order valence-corrected chi connectivity index (χ2v) is 5.48. The number of nitrogens with zero attached hydrogens (tertiary/aromatic N) is 2. The van der Waals surface area contributed by atoms with E-state index in [1.165, 1.54) is 12.4 Å². The molecule has 2 heterocycles. The predicted molar refractivity (Wildman–Crippen MR) is 87.8 cm³/mol. The first-order valence-electron chi connectivity index (χ1n) is 6.79. The van der Waals surface area contributed by atoms with Gasteiger partial charge in [-0.25, -0.2) is 9.97 Å². The van der Waals surface area contributed by atoms with Crippen molar-refractivity contribution in [3.63, 3.8) is 0 Å². The maximum atomic E-state index is 12.1. The van der Waals surface area contributed by atoms with Crippen molar-refractivity contribution < 1.29 is 9.59 Å². The van der Waals surface area contributed by atoms with Crippen LogP contribution in [0.25, 0.3) is 0 Å². The van der Waals surface area contributed by atoms with Crippen LogP contribution >= 0.6 is 23.2 Å². The molecule has 0 unspecified atom stereocenters. The van der Waals surface area contributed by atoms with Gasteiger partial charge in [0.1, 0.15) is 10.3 Å². The first-order valence-corrected chi connectivity index (χ1v) is 7.54. The van der Waals surface area contributed by atoms with Crippen molar-refractivity contribution in [1.29, 1.82) is 0 Å². The van der Waals surface area contributed by atoms with E-state index in [0.29, 0.717) is 0 Å². The molecule has 0 bridgehead atoms. The number of halogens is 2. The monoisotopic (exact) mass is 352 g/mol. The Morgan fingerprint density at radius 1 is 1.04 bits per heavy atom. The third-order valence-electron chi connectivity index (χ3n) is 2.95. The van der Waals surface area contributed by atoms with Crippen LogP contribution in [0.1, 0.15) is 27.6 Å². The second-order valence-electron chi connectivity index (χ2n) is 4.77. The Hall–Kier alpha value is -2.18. The third-order valence-corrected chi connectivity index (χ3v) is 3.56. The average molecular weight is 353 g/mol. The van der Waals surface area contributed by atoms with Crippen molar-refractivity contribution >= 4 is 35.0 Å². The lowest BCUT2D eigenvalue weighted by atomic mass is 10.2. The van der Waals surface area contributed by atoms with Gasteiger partial charge in [0.05, 0.1) is 11.1 Å². The van der Waals surface area contributed by atoms with E-state index in [2.05, 4.69) is 20.6 Å². The fraction of sp³-hybridized carbons (Fsp3) is 0.200. The fourth-order valence-electron chi connectivity index (χ4n) is 1.80. The van der Waals surface area contributed by atoms with Crippen molar-refractivity contribution in [1.82, 2.24) is 20.6 Å². The molecule has 0 radical (unpaired) electrons. The van der Waals surface area contributed by atoms with Crippen LogP contribution in [0.4, 0.5) is 0 Å². The van der Waals surface area contributed by atoms with Gasteiger partial charge in [0.2, 0.25) is 0 Å². The summed E-state index contributed by atoms with van der Waals surface area (Å²) in [5.74, 6) is -0.715. The highest BCUT2D eigenvalue weighted by Crippen LogP contribution is 2.12. The summed E-state index contributed by atoms with van der Waals surface area (Å²) in [6.07, 6.45) is 3.00. The Morgan fingerprint density at radius 2 is 1.57 bits per heavy atom. The molecule has 0 saturated heterocycles. The van der Waals surface area contributed by atoms with Gasteiger partial charge in [-0.1, -0.05) is 23.2 Å². The molecule has 8 heteroatoms. The molecule has 0 fully saturated rings. The maximum Gasteiger partial charge on any atom is 0.254 e. The van der Waals surface area contributed by atoms with E-state index in [1.807, 2.05) is 0 Å². The molecule has 120 valence electrons. The Bertz CT molecular complexity index is 724. The van der Waals surface area contributed by atoms with Crippen LogP contribution in [0.3, 0.4) is 0 Å². The molecular weight excluding hydrogens is 339 g/mol. The number of rotatable bonds is 5.